The molecule has 2 amide bonds. The minimum absolute atomic E-state index is 0.112. The summed E-state index contributed by atoms with van der Waals surface area (Å²) in [7, 11) is 0. The number of ether oxygens (including phenoxy) is 1. The van der Waals surface area contributed by atoms with Gasteiger partial charge in [0.15, 0.2) is 15.9 Å². The van der Waals surface area contributed by atoms with Gasteiger partial charge in [0.2, 0.25) is 11.9 Å². The second-order valence-electron chi connectivity index (χ2n) is 7.88. The summed E-state index contributed by atoms with van der Waals surface area (Å²) in [5.74, 6) is 0.174. The molecule has 42 heavy (non-hydrogen) atoms. The van der Waals surface area contributed by atoms with Gasteiger partial charge in [0, 0.05) is 6.42 Å². The highest BCUT2D eigenvalue weighted by Gasteiger charge is 2.35. The summed E-state index contributed by atoms with van der Waals surface area (Å²) in [6.07, 6.45) is 3.90. The summed E-state index contributed by atoms with van der Waals surface area (Å²) in [4.78, 5) is 54.7. The third-order valence-electron chi connectivity index (χ3n) is 5.10. The Morgan fingerprint density at radius 3 is 2.38 bits per heavy atom. The molecule has 5 aromatic heterocycles. The van der Waals surface area contributed by atoms with Gasteiger partial charge < -0.3 is 52.1 Å². The number of nitrogens with two attached hydrogens (primary N) is 3. The highest BCUT2D eigenvalue weighted by Crippen LogP contribution is 2.26. The number of rotatable bonds is 2. The molecule has 6 heterocycles. The Kier molecular flexibility index (Phi) is 11.0. The lowest BCUT2D eigenvalue weighted by Gasteiger charge is -2.13. The Hall–Kier alpha value is -4.94. The van der Waals surface area contributed by atoms with E-state index in [0.29, 0.717) is 20.4 Å². The van der Waals surface area contributed by atoms with Gasteiger partial charge in [0.05, 0.1) is 31.7 Å². The second-order valence-corrected chi connectivity index (χ2v) is 8.68. The summed E-state index contributed by atoms with van der Waals surface area (Å²) in [5.41, 5.74) is 18.3. The van der Waals surface area contributed by atoms with Crippen LogP contribution in [0.2, 0.25) is 0 Å². The molecule has 0 saturated carbocycles. The summed E-state index contributed by atoms with van der Waals surface area (Å²) in [6, 6.07) is -0.940. The maximum absolute atomic E-state index is 11.4. The molecule has 21 nitrogen and oxygen atoms in total. The number of fused-ring (bicyclic) bond motifs is 2. The number of urea groups is 1. The largest absolute Gasteiger partial charge is 0.394 e. The van der Waals surface area contributed by atoms with Gasteiger partial charge in [-0.05, 0) is 0 Å². The third-order valence-corrected chi connectivity index (χ3v) is 5.72. The molecular formula is C19H25N15O6S2. The first-order valence-electron chi connectivity index (χ1n) is 11.4. The first-order valence-corrected chi connectivity index (χ1v) is 12.3. The lowest BCUT2D eigenvalue weighted by atomic mass is 10.2. The number of aromatic amines is 4. The molecule has 6 rings (SSSR count). The number of nitrogen functional groups attached to an aromatic ring is 2. The average Bonchev–Trinajstić information content (AvgIpc) is 3.70. The van der Waals surface area contributed by atoms with Crippen LogP contribution in [0.4, 0.5) is 16.7 Å². The second kappa shape index (κ2) is 14.6. The van der Waals surface area contributed by atoms with E-state index in [9.17, 15) is 14.7 Å². The highest BCUT2D eigenvalue weighted by molar-refractivity contribution is 7.71. The maximum Gasteiger partial charge on any atom is 0.354 e. The smallest absolute Gasteiger partial charge is 0.354 e. The number of hydrogen-bond donors (Lipinski definition) is 11. The van der Waals surface area contributed by atoms with Crippen molar-refractivity contribution in [2.75, 3.05) is 18.1 Å². The standard InChI is InChI=1S/C8H12N4O4.C5H5N5S.C5H4N4S.CH4N2O2/c9-7-10-3-12(8(15)11-7)6-1-4(14)5(2-13)16-6;6-5-9-3-2(4(11)10-5)7-1-8-3;10-5-3-4(7-1-6-3)8-2-9-5;2-1(4)3-5/h3-6,13-14H,1-2H2,(H2,9,11,15);1H,(H4,6,7,8,9,10,11);1-2H,(H2,6,7,8,9,10);5H,(H3,2,3,4)/t4-,5+,6+;;;/m0.../s1. The molecule has 14 N–H and O–H groups in total. The molecular weight excluding hydrogens is 598 g/mol. The van der Waals surface area contributed by atoms with E-state index >= 15 is 0 Å². The van der Waals surface area contributed by atoms with Crippen LogP contribution in [-0.2, 0) is 4.74 Å². The number of hydroxylamine groups is 1. The quantitative estimate of drug-likeness (QED) is 0.0606. The SMILES string of the molecule is NC(=O)NO.Nc1nc2nc[nH]c2c(=S)[nH]1.Nc1ncn([C@H]2C[C@H](O)[C@@H](CO)O2)c(=O)n1.S=c1nc[nH]c2nc[nH]c12. The van der Waals surface area contributed by atoms with Crippen molar-refractivity contribution in [3.8, 4) is 0 Å². The van der Waals surface area contributed by atoms with E-state index < -0.39 is 30.2 Å². The Morgan fingerprint density at radius 2 is 1.76 bits per heavy atom. The van der Waals surface area contributed by atoms with Crippen LogP contribution in [0.1, 0.15) is 12.6 Å². The van der Waals surface area contributed by atoms with Crippen molar-refractivity contribution in [3.63, 3.8) is 0 Å². The molecule has 1 fully saturated rings. The van der Waals surface area contributed by atoms with E-state index in [1.807, 2.05) is 0 Å². The first-order chi connectivity index (χ1) is 20.0. The van der Waals surface area contributed by atoms with Crippen molar-refractivity contribution in [1.82, 2.24) is 59.9 Å². The zero-order valence-electron chi connectivity index (χ0n) is 21.2. The number of carbonyl (C=O) groups excluding carboxylic acids is 1. The van der Waals surface area contributed by atoms with Crippen LogP contribution >= 0.6 is 24.4 Å². The Labute approximate surface area is 243 Å². The molecule has 0 aromatic carbocycles. The lowest BCUT2D eigenvalue weighted by molar-refractivity contribution is -0.0462. The number of nitrogens with zero attached hydrogens (tertiary/aromatic N) is 7. The first kappa shape index (κ1) is 31.6. The predicted octanol–water partition coefficient (Wildman–Crippen LogP) is -1.48. The topological polar surface area (TPSA) is 340 Å². The molecule has 0 aliphatic carbocycles. The van der Waals surface area contributed by atoms with Crippen LogP contribution in [0.5, 0.6) is 0 Å². The zero-order valence-corrected chi connectivity index (χ0v) is 22.8. The number of primary amides is 1. The fraction of sp³-hybridized carbons (Fsp3) is 0.263. The van der Waals surface area contributed by atoms with Crippen molar-refractivity contribution in [2.45, 2.75) is 24.9 Å². The maximum atomic E-state index is 11.4. The van der Waals surface area contributed by atoms with E-state index in [4.69, 9.17) is 51.0 Å². The Balaban J connectivity index is 0.000000164. The van der Waals surface area contributed by atoms with Gasteiger partial charge in [-0.2, -0.15) is 9.97 Å². The van der Waals surface area contributed by atoms with Gasteiger partial charge in [-0.25, -0.2) is 35.0 Å². The molecule has 23 heteroatoms. The summed E-state index contributed by atoms with van der Waals surface area (Å²) in [6.45, 7) is -0.303. The van der Waals surface area contributed by atoms with Gasteiger partial charge in [-0.15, -0.1) is 0 Å². The number of aromatic nitrogens is 11. The van der Waals surface area contributed by atoms with Crippen LogP contribution < -0.4 is 28.4 Å². The van der Waals surface area contributed by atoms with Crippen LogP contribution in [0.3, 0.4) is 0 Å². The van der Waals surface area contributed by atoms with Crippen molar-refractivity contribution in [1.29, 1.82) is 0 Å². The highest BCUT2D eigenvalue weighted by atomic mass is 32.1. The number of nitrogens with one attached hydrogen (secondary N) is 5. The van der Waals surface area contributed by atoms with Gasteiger partial charge in [0.1, 0.15) is 34.3 Å². The molecule has 5 aromatic rings. The van der Waals surface area contributed by atoms with E-state index in [2.05, 4.69) is 55.6 Å². The Bertz CT molecular complexity index is 1800. The third kappa shape index (κ3) is 8.29. The number of aliphatic hydroxyl groups excluding tert-OH is 2. The Morgan fingerprint density at radius 1 is 1.10 bits per heavy atom. The number of carbonyl (C=O) groups is 1. The molecule has 3 atom stereocenters. The monoisotopic (exact) mass is 623 g/mol. The van der Waals surface area contributed by atoms with E-state index in [0.717, 1.165) is 15.7 Å². The number of amides is 2. The van der Waals surface area contributed by atoms with Gasteiger partial charge in [-0.3, -0.25) is 9.77 Å². The van der Waals surface area contributed by atoms with Crippen LogP contribution in [-0.4, -0.2) is 94.7 Å². The van der Waals surface area contributed by atoms with Gasteiger partial charge >= 0.3 is 11.7 Å². The van der Waals surface area contributed by atoms with Crippen molar-refractivity contribution in [2.24, 2.45) is 5.73 Å². The molecule has 0 spiro atoms. The minimum Gasteiger partial charge on any atom is -0.394 e. The molecule has 1 aliphatic rings. The van der Waals surface area contributed by atoms with Gasteiger partial charge in [0.25, 0.3) is 0 Å². The number of anilines is 2. The summed E-state index contributed by atoms with van der Waals surface area (Å²) < 4.78 is 7.49. The van der Waals surface area contributed by atoms with Crippen molar-refractivity contribution < 1.29 is 25.0 Å². The number of hydrogen-bond acceptors (Lipinski definition) is 16. The fourth-order valence-corrected chi connectivity index (χ4v) is 3.71. The van der Waals surface area contributed by atoms with Crippen LogP contribution in [0.15, 0.2) is 30.1 Å². The van der Waals surface area contributed by atoms with E-state index in [1.54, 1.807) is 6.33 Å². The van der Waals surface area contributed by atoms with Crippen molar-refractivity contribution in [3.05, 3.63) is 45.1 Å². The van der Waals surface area contributed by atoms with Crippen molar-refractivity contribution >= 4 is 64.7 Å². The van der Waals surface area contributed by atoms with Gasteiger partial charge in [-0.1, -0.05) is 24.4 Å². The molecule has 0 unspecified atom stereocenters. The average molecular weight is 624 g/mol. The molecule has 0 bridgehead atoms. The number of imidazole rings is 2. The normalized spacial score (nSPS) is 17.3. The molecule has 0 radical (unpaired) electrons. The molecule has 1 aliphatic heterocycles. The van der Waals surface area contributed by atoms with E-state index in [1.165, 1.54) is 24.5 Å². The lowest BCUT2D eigenvalue weighted by Crippen LogP contribution is -2.28. The minimum atomic E-state index is -0.940. The molecule has 1 saturated heterocycles. The zero-order chi connectivity index (χ0) is 30.8. The fourth-order valence-electron chi connectivity index (χ4n) is 3.25. The predicted molar refractivity (Wildman–Crippen MR) is 149 cm³/mol. The van der Waals surface area contributed by atoms with E-state index in [-0.39, 0.29) is 24.9 Å². The van der Waals surface area contributed by atoms with Crippen LogP contribution in [0, 0.1) is 9.28 Å². The number of aliphatic hydroxyl groups is 2. The number of H-pyrrole nitrogens is 4. The summed E-state index contributed by atoms with van der Waals surface area (Å²) in [5, 5.41) is 25.8. The van der Waals surface area contributed by atoms with Crippen LogP contribution in [0.25, 0.3) is 22.3 Å². The summed E-state index contributed by atoms with van der Waals surface area (Å²) >= 11 is 9.85. The molecule has 224 valence electrons.